The van der Waals surface area contributed by atoms with Crippen LogP contribution in [0.1, 0.15) is 17.7 Å². The molecular formula is C18H22N3NaO3S. The molecule has 6 nitrogen and oxygen atoms in total. The molecule has 3 rings (SSSR count). The Kier molecular flexibility index (Phi) is 8.40. The molecule has 0 unspecified atom stereocenters. The van der Waals surface area contributed by atoms with Crippen LogP contribution in [0.2, 0.25) is 0 Å². The normalized spacial score (nSPS) is 12.0. The molecule has 2 aromatic heterocycles. The summed E-state index contributed by atoms with van der Waals surface area (Å²) >= 11 is -1.30. The Bertz CT molecular complexity index is 810. The molecule has 0 amide bonds. The van der Waals surface area contributed by atoms with Crippen LogP contribution in [0, 0.1) is 6.92 Å². The number of imidazole rings is 1. The number of nitrogens with one attached hydrogen (secondary N) is 1. The maximum atomic E-state index is 12.7. The van der Waals surface area contributed by atoms with Crippen LogP contribution in [0.5, 0.6) is 5.75 Å². The first-order valence-electron chi connectivity index (χ1n) is 8.08. The zero-order valence-electron chi connectivity index (χ0n) is 14.3. The van der Waals surface area contributed by atoms with Crippen LogP contribution >= 0.6 is 0 Å². The number of para-hydroxylation sites is 2. The van der Waals surface area contributed by atoms with E-state index in [0.717, 1.165) is 34.5 Å². The van der Waals surface area contributed by atoms with Crippen LogP contribution in [0.25, 0.3) is 11.0 Å². The first-order chi connectivity index (χ1) is 12.2. The van der Waals surface area contributed by atoms with Gasteiger partial charge in [0, 0.05) is 43.1 Å². The fraction of sp³-hybridized carbons (Fsp3) is 0.333. The summed E-state index contributed by atoms with van der Waals surface area (Å²) in [6.45, 7) is 3.17. The quantitative estimate of drug-likeness (QED) is 0.367. The zero-order valence-corrected chi connectivity index (χ0v) is 15.1. The number of aromatic amines is 1. The first-order valence-corrected chi connectivity index (χ1v) is 9.40. The van der Waals surface area contributed by atoms with E-state index in [-0.39, 0.29) is 29.6 Å². The van der Waals surface area contributed by atoms with E-state index in [2.05, 4.69) is 15.0 Å². The Morgan fingerprint density at radius 2 is 2.00 bits per heavy atom. The Labute approximate surface area is 178 Å². The molecule has 1 N–H and O–H groups in total. The van der Waals surface area contributed by atoms with Gasteiger partial charge in [0.25, 0.3) is 0 Å². The van der Waals surface area contributed by atoms with Gasteiger partial charge in [-0.1, -0.05) is 12.1 Å². The molecule has 8 heteroatoms. The van der Waals surface area contributed by atoms with Crippen molar-refractivity contribution in [1.82, 2.24) is 15.0 Å². The minimum absolute atomic E-state index is 0. The van der Waals surface area contributed by atoms with Gasteiger partial charge in [0.05, 0.1) is 23.3 Å². The van der Waals surface area contributed by atoms with Crippen LogP contribution in [-0.2, 0) is 21.7 Å². The number of hydrogen-bond donors (Lipinski definition) is 1. The molecule has 2 heterocycles. The Balaban J connectivity index is 0.00000243. The number of H-pyrrole nitrogens is 1. The average Bonchev–Trinajstić information content (AvgIpc) is 3.06. The second-order valence-corrected chi connectivity index (χ2v) is 6.99. The van der Waals surface area contributed by atoms with E-state index in [1.807, 2.05) is 37.3 Å². The number of fused-ring (bicyclic) bond motifs is 1. The molecule has 0 fully saturated rings. The molecule has 0 aliphatic heterocycles. The standard InChI is InChI=1S/C18H21N3O3S.Na.H/c1-13-16(19-9-8-17(13)24-11-5-10-23-2)12-25(22)18-20-14-6-3-4-7-15(14)21-18;;/h3-4,6-9H,5,10-12H2,1-2H3,(H,20,21);;/t25-;;/m1../s1. The molecule has 3 aromatic rings. The molecule has 26 heavy (non-hydrogen) atoms. The summed E-state index contributed by atoms with van der Waals surface area (Å²) in [6, 6.07) is 9.47. The summed E-state index contributed by atoms with van der Waals surface area (Å²) in [4.78, 5) is 11.9. The molecule has 0 spiro atoms. The number of aromatic nitrogens is 3. The molecular weight excluding hydrogens is 361 g/mol. The van der Waals surface area contributed by atoms with E-state index in [9.17, 15) is 4.55 Å². The number of hydrogen-bond acceptors (Lipinski definition) is 5. The molecule has 0 saturated heterocycles. The number of methoxy groups -OCH3 is 1. The third kappa shape index (κ3) is 5.22. The number of pyridine rings is 1. The van der Waals surface area contributed by atoms with Crippen molar-refractivity contribution < 1.29 is 14.0 Å². The molecule has 0 radical (unpaired) electrons. The van der Waals surface area contributed by atoms with Crippen molar-refractivity contribution in [2.24, 2.45) is 0 Å². The molecule has 134 valence electrons. The summed E-state index contributed by atoms with van der Waals surface area (Å²) in [5.74, 6) is 1.06. The average molecular weight is 383 g/mol. The van der Waals surface area contributed by atoms with Gasteiger partial charge >= 0.3 is 34.7 Å². The number of benzene rings is 1. The minimum atomic E-state index is -1.30. The van der Waals surface area contributed by atoms with Crippen molar-refractivity contribution in [3.05, 3.63) is 47.8 Å². The van der Waals surface area contributed by atoms with E-state index in [0.29, 0.717) is 24.1 Å². The van der Waals surface area contributed by atoms with Crippen LogP contribution < -0.4 is 4.74 Å². The SMILES string of the molecule is COCCCOc1ccnc(C[S@@+]([O-])c2nc3ccccc3[nH]2)c1C.[NaH]. The number of nitrogens with zero attached hydrogens (tertiary/aromatic N) is 2. The predicted molar refractivity (Wildman–Crippen MR) is 104 cm³/mol. The first kappa shape index (κ1) is 21.2. The molecule has 0 bridgehead atoms. The topological polar surface area (TPSA) is 83.1 Å². The van der Waals surface area contributed by atoms with Gasteiger partial charge in [-0.15, -0.1) is 0 Å². The van der Waals surface area contributed by atoms with Crippen molar-refractivity contribution in [3.8, 4) is 5.75 Å². The Morgan fingerprint density at radius 3 is 2.77 bits per heavy atom. The van der Waals surface area contributed by atoms with E-state index in [1.54, 1.807) is 13.3 Å². The molecule has 0 saturated carbocycles. The van der Waals surface area contributed by atoms with Gasteiger partial charge in [0.1, 0.15) is 5.75 Å². The van der Waals surface area contributed by atoms with Crippen molar-refractivity contribution in [2.45, 2.75) is 24.3 Å². The van der Waals surface area contributed by atoms with Crippen molar-refractivity contribution in [2.75, 3.05) is 20.3 Å². The molecule has 0 aliphatic carbocycles. The van der Waals surface area contributed by atoms with E-state index >= 15 is 0 Å². The summed E-state index contributed by atoms with van der Waals surface area (Å²) in [5, 5.41) is 0.466. The second kappa shape index (κ2) is 10.3. The van der Waals surface area contributed by atoms with Crippen molar-refractivity contribution in [3.63, 3.8) is 0 Å². The summed E-state index contributed by atoms with van der Waals surface area (Å²) in [6.07, 6.45) is 2.50. The fourth-order valence-corrected chi connectivity index (χ4v) is 3.58. The number of ether oxygens (including phenoxy) is 2. The van der Waals surface area contributed by atoms with Crippen LogP contribution in [-0.4, -0.2) is 69.4 Å². The van der Waals surface area contributed by atoms with Gasteiger partial charge in [-0.3, -0.25) is 9.97 Å². The zero-order chi connectivity index (χ0) is 17.6. The third-order valence-corrected chi connectivity index (χ3v) is 5.02. The van der Waals surface area contributed by atoms with E-state index in [1.165, 1.54) is 0 Å². The van der Waals surface area contributed by atoms with E-state index in [4.69, 9.17) is 9.47 Å². The molecule has 1 aromatic carbocycles. The summed E-state index contributed by atoms with van der Waals surface area (Å²) in [5.41, 5.74) is 3.35. The molecule has 1 atom stereocenters. The van der Waals surface area contributed by atoms with Gasteiger partial charge < -0.3 is 14.0 Å². The van der Waals surface area contributed by atoms with Gasteiger partial charge in [-0.25, -0.2) is 0 Å². The van der Waals surface area contributed by atoms with Crippen molar-refractivity contribution >= 4 is 51.8 Å². The van der Waals surface area contributed by atoms with Gasteiger partial charge in [-0.2, -0.15) is 4.98 Å². The monoisotopic (exact) mass is 383 g/mol. The van der Waals surface area contributed by atoms with Crippen molar-refractivity contribution in [1.29, 1.82) is 0 Å². The van der Waals surface area contributed by atoms with Crippen LogP contribution in [0.4, 0.5) is 0 Å². The summed E-state index contributed by atoms with van der Waals surface area (Å²) < 4.78 is 23.5. The Hall–Kier alpha value is -1.09. The van der Waals surface area contributed by atoms with Gasteiger partial charge in [0.15, 0.2) is 5.75 Å². The van der Waals surface area contributed by atoms with Gasteiger partial charge in [0.2, 0.25) is 0 Å². The Morgan fingerprint density at radius 1 is 1.19 bits per heavy atom. The van der Waals surface area contributed by atoms with Crippen LogP contribution in [0.15, 0.2) is 41.7 Å². The predicted octanol–water partition coefficient (Wildman–Crippen LogP) is 2.34. The fourth-order valence-electron chi connectivity index (χ4n) is 2.48. The third-order valence-electron chi connectivity index (χ3n) is 3.86. The summed E-state index contributed by atoms with van der Waals surface area (Å²) in [7, 11) is 1.67. The van der Waals surface area contributed by atoms with Crippen LogP contribution in [0.3, 0.4) is 0 Å². The molecule has 0 aliphatic rings. The van der Waals surface area contributed by atoms with E-state index < -0.39 is 11.2 Å². The number of rotatable bonds is 8. The van der Waals surface area contributed by atoms with Gasteiger partial charge in [-0.05, 0) is 25.1 Å². The second-order valence-electron chi connectivity index (χ2n) is 5.62. The maximum absolute atomic E-state index is 12.7.